The Morgan fingerprint density at radius 1 is 0.415 bits per heavy atom. The summed E-state index contributed by atoms with van der Waals surface area (Å²) in [5.41, 5.74) is 12.1. The van der Waals surface area contributed by atoms with E-state index in [1.807, 2.05) is 30.3 Å². The standard InChI is InChI=1S/C49H36N4/c1-2-9-21-37(20-8-1)52(38-22-10-4-11-23-38)40-30-32-41(33-31-40)53(39-24-12-5-13-25-39)47-35-34-44(42-26-14-15-27-43(42)47)49-48(36-18-6-3-7-19-36)50-45-28-16-17-29-46(45)51-49/h1-8,10-35H,9H2. The van der Waals surface area contributed by atoms with E-state index in [4.69, 9.17) is 9.97 Å². The highest BCUT2D eigenvalue weighted by atomic mass is 15.2. The molecule has 252 valence electrons. The second-order valence-electron chi connectivity index (χ2n) is 13.0. The first kappa shape index (κ1) is 31.9. The van der Waals surface area contributed by atoms with E-state index in [1.54, 1.807) is 0 Å². The molecule has 1 heterocycles. The van der Waals surface area contributed by atoms with Crippen LogP contribution in [0.5, 0.6) is 0 Å². The summed E-state index contributed by atoms with van der Waals surface area (Å²) in [5.74, 6) is 0. The number of aromatic nitrogens is 2. The number of benzene rings is 7. The molecule has 4 heteroatoms. The molecular weight excluding hydrogens is 645 g/mol. The molecule has 1 aliphatic rings. The maximum Gasteiger partial charge on any atom is 0.0979 e. The summed E-state index contributed by atoms with van der Waals surface area (Å²) in [6.07, 6.45) is 11.7. The third kappa shape index (κ3) is 6.28. The molecule has 7 aromatic carbocycles. The Kier molecular flexibility index (Phi) is 8.61. The first-order valence-electron chi connectivity index (χ1n) is 18.0. The van der Waals surface area contributed by atoms with Crippen LogP contribution in [0.15, 0.2) is 212 Å². The van der Waals surface area contributed by atoms with E-state index in [2.05, 4.69) is 186 Å². The molecule has 0 saturated heterocycles. The molecule has 0 spiro atoms. The van der Waals surface area contributed by atoms with Crippen molar-refractivity contribution >= 4 is 50.2 Å². The average molecular weight is 681 g/mol. The summed E-state index contributed by atoms with van der Waals surface area (Å²) in [7, 11) is 0. The lowest BCUT2D eigenvalue weighted by molar-refractivity contribution is 1.18. The summed E-state index contributed by atoms with van der Waals surface area (Å²) in [5, 5.41) is 2.24. The first-order valence-corrected chi connectivity index (χ1v) is 18.0. The minimum atomic E-state index is 0.867. The van der Waals surface area contributed by atoms with Crippen LogP contribution >= 0.6 is 0 Å². The lowest BCUT2D eigenvalue weighted by Crippen LogP contribution is -2.15. The second-order valence-corrected chi connectivity index (χ2v) is 13.0. The minimum absolute atomic E-state index is 0.867. The quantitative estimate of drug-likeness (QED) is 0.160. The van der Waals surface area contributed by atoms with Crippen LogP contribution in [-0.2, 0) is 0 Å². The van der Waals surface area contributed by atoms with E-state index in [9.17, 15) is 0 Å². The molecule has 0 saturated carbocycles. The number of fused-ring (bicyclic) bond motifs is 2. The number of para-hydroxylation sites is 4. The van der Waals surface area contributed by atoms with Gasteiger partial charge in [0.2, 0.25) is 0 Å². The van der Waals surface area contributed by atoms with Gasteiger partial charge in [0.25, 0.3) is 0 Å². The van der Waals surface area contributed by atoms with Crippen LogP contribution in [0.3, 0.4) is 0 Å². The van der Waals surface area contributed by atoms with Gasteiger partial charge in [0.15, 0.2) is 0 Å². The highest BCUT2D eigenvalue weighted by Gasteiger charge is 2.21. The van der Waals surface area contributed by atoms with Crippen molar-refractivity contribution in [3.8, 4) is 22.5 Å². The number of rotatable bonds is 8. The molecule has 8 aromatic rings. The zero-order chi connectivity index (χ0) is 35.4. The Bertz CT molecular complexity index is 2630. The molecule has 0 amide bonds. The van der Waals surface area contributed by atoms with Crippen molar-refractivity contribution in [2.24, 2.45) is 0 Å². The van der Waals surface area contributed by atoms with E-state index < -0.39 is 0 Å². The molecule has 0 aliphatic heterocycles. The molecule has 0 fully saturated rings. The lowest BCUT2D eigenvalue weighted by Gasteiger charge is -2.29. The molecule has 1 aliphatic carbocycles. The van der Waals surface area contributed by atoms with Crippen molar-refractivity contribution in [3.63, 3.8) is 0 Å². The minimum Gasteiger partial charge on any atom is -0.311 e. The van der Waals surface area contributed by atoms with Crippen LogP contribution in [0.4, 0.5) is 28.4 Å². The van der Waals surface area contributed by atoms with E-state index in [0.29, 0.717) is 0 Å². The smallest absolute Gasteiger partial charge is 0.0979 e. The number of nitrogens with zero attached hydrogens (tertiary/aromatic N) is 4. The van der Waals surface area contributed by atoms with Crippen LogP contribution < -0.4 is 9.80 Å². The number of allylic oxidation sites excluding steroid dienone is 5. The summed E-state index contributed by atoms with van der Waals surface area (Å²) >= 11 is 0. The van der Waals surface area contributed by atoms with Gasteiger partial charge in [-0.2, -0.15) is 0 Å². The average Bonchev–Trinajstić information content (AvgIpc) is 3.52. The zero-order valence-corrected chi connectivity index (χ0v) is 29.1. The van der Waals surface area contributed by atoms with E-state index in [-0.39, 0.29) is 0 Å². The van der Waals surface area contributed by atoms with Crippen LogP contribution in [-0.4, -0.2) is 9.97 Å². The molecule has 0 unspecified atom stereocenters. The van der Waals surface area contributed by atoms with Crippen LogP contribution in [0.1, 0.15) is 6.42 Å². The topological polar surface area (TPSA) is 32.3 Å². The first-order chi connectivity index (χ1) is 26.3. The van der Waals surface area contributed by atoms with Gasteiger partial charge in [-0.15, -0.1) is 0 Å². The van der Waals surface area contributed by atoms with Crippen molar-refractivity contribution in [3.05, 3.63) is 212 Å². The summed E-state index contributed by atoms with van der Waals surface area (Å²) in [4.78, 5) is 15.1. The number of anilines is 5. The van der Waals surface area contributed by atoms with Gasteiger partial charge in [0.05, 0.1) is 28.1 Å². The third-order valence-corrected chi connectivity index (χ3v) is 9.65. The Labute approximate surface area is 310 Å². The van der Waals surface area contributed by atoms with Gasteiger partial charge in [0, 0.05) is 45.0 Å². The molecule has 53 heavy (non-hydrogen) atoms. The zero-order valence-electron chi connectivity index (χ0n) is 29.1. The fraction of sp³-hybridized carbons (Fsp3) is 0.0204. The number of hydrogen-bond donors (Lipinski definition) is 0. The van der Waals surface area contributed by atoms with Gasteiger partial charge < -0.3 is 9.80 Å². The highest BCUT2D eigenvalue weighted by molar-refractivity contribution is 6.07. The predicted octanol–water partition coefficient (Wildman–Crippen LogP) is 13.1. The van der Waals surface area contributed by atoms with Gasteiger partial charge in [0.1, 0.15) is 0 Å². The monoisotopic (exact) mass is 680 g/mol. The fourth-order valence-corrected chi connectivity index (χ4v) is 7.18. The molecule has 9 rings (SSSR count). The second kappa shape index (κ2) is 14.3. The Morgan fingerprint density at radius 3 is 1.62 bits per heavy atom. The van der Waals surface area contributed by atoms with Crippen LogP contribution in [0.25, 0.3) is 44.3 Å². The molecule has 4 nitrogen and oxygen atoms in total. The van der Waals surface area contributed by atoms with Crippen molar-refractivity contribution in [2.75, 3.05) is 9.80 Å². The van der Waals surface area contributed by atoms with Crippen molar-refractivity contribution in [2.45, 2.75) is 6.42 Å². The van der Waals surface area contributed by atoms with Crippen molar-refractivity contribution in [1.82, 2.24) is 9.97 Å². The third-order valence-electron chi connectivity index (χ3n) is 9.65. The molecule has 0 bridgehead atoms. The molecule has 0 N–H and O–H groups in total. The largest absolute Gasteiger partial charge is 0.311 e. The van der Waals surface area contributed by atoms with Gasteiger partial charge in [-0.1, -0.05) is 127 Å². The maximum atomic E-state index is 5.26. The van der Waals surface area contributed by atoms with E-state index >= 15 is 0 Å². The maximum absolute atomic E-state index is 5.26. The molecule has 0 atom stereocenters. The van der Waals surface area contributed by atoms with Crippen LogP contribution in [0.2, 0.25) is 0 Å². The summed E-state index contributed by atoms with van der Waals surface area (Å²) < 4.78 is 0. The molecule has 1 aromatic heterocycles. The molecule has 0 radical (unpaired) electrons. The Balaban J connectivity index is 1.19. The predicted molar refractivity (Wildman–Crippen MR) is 222 cm³/mol. The number of hydrogen-bond acceptors (Lipinski definition) is 4. The molecular formula is C49H36N4. The summed E-state index contributed by atoms with van der Waals surface area (Å²) in [6.45, 7) is 0. The lowest BCUT2D eigenvalue weighted by atomic mass is 9.96. The van der Waals surface area contributed by atoms with Crippen LogP contribution in [0, 0.1) is 0 Å². The van der Waals surface area contributed by atoms with Crippen molar-refractivity contribution in [1.29, 1.82) is 0 Å². The normalized spacial score (nSPS) is 12.4. The van der Waals surface area contributed by atoms with Gasteiger partial charge in [-0.05, 0) is 90.7 Å². The Hall–Kier alpha value is -7.04. The highest BCUT2D eigenvalue weighted by Crippen LogP contribution is 2.44. The van der Waals surface area contributed by atoms with Gasteiger partial charge in [-0.3, -0.25) is 0 Å². The van der Waals surface area contributed by atoms with E-state index in [1.165, 1.54) is 0 Å². The Morgan fingerprint density at radius 2 is 0.943 bits per heavy atom. The van der Waals surface area contributed by atoms with Gasteiger partial charge >= 0.3 is 0 Å². The summed E-state index contributed by atoms with van der Waals surface area (Å²) in [6, 6.07) is 61.6. The fourth-order valence-electron chi connectivity index (χ4n) is 7.18. The SMILES string of the molecule is C1=CCC=C(N(c2ccccc2)c2ccc(N(c3ccccc3)c3ccc(-c4nc5ccccc5nc4-c4ccccc4)c4ccccc34)cc2)C=C1. The van der Waals surface area contributed by atoms with Gasteiger partial charge in [-0.25, -0.2) is 9.97 Å². The van der Waals surface area contributed by atoms with E-state index in [0.717, 1.165) is 84.9 Å². The van der Waals surface area contributed by atoms with Crippen molar-refractivity contribution < 1.29 is 0 Å².